The number of piperazine rings is 1. The summed E-state index contributed by atoms with van der Waals surface area (Å²) in [5.74, 6) is 1.88. The zero-order valence-corrected chi connectivity index (χ0v) is 19.6. The number of aromatic nitrogens is 2. The van der Waals surface area contributed by atoms with Gasteiger partial charge in [-0.2, -0.15) is 0 Å². The van der Waals surface area contributed by atoms with Crippen LogP contribution in [0.3, 0.4) is 0 Å². The van der Waals surface area contributed by atoms with Crippen molar-refractivity contribution < 1.29 is 9.53 Å². The average molecular weight is 458 g/mol. The van der Waals surface area contributed by atoms with Gasteiger partial charge in [-0.15, -0.1) is 10.2 Å². The number of nitrogens with zero attached hydrogens (tertiary/aromatic N) is 5. The van der Waals surface area contributed by atoms with Crippen LogP contribution in [-0.4, -0.2) is 67.4 Å². The second-order valence-electron chi connectivity index (χ2n) is 8.91. The van der Waals surface area contributed by atoms with Gasteiger partial charge < -0.3 is 19.4 Å². The fraction of sp³-hybridized carbons (Fsp3) is 0.370. The van der Waals surface area contributed by atoms with Crippen LogP contribution >= 0.6 is 0 Å². The van der Waals surface area contributed by atoms with Crippen LogP contribution in [0, 0.1) is 5.92 Å². The summed E-state index contributed by atoms with van der Waals surface area (Å²) in [5.41, 5.74) is 2.93. The summed E-state index contributed by atoms with van der Waals surface area (Å²) in [6.45, 7) is 4.90. The highest BCUT2D eigenvalue weighted by molar-refractivity contribution is 5.80. The van der Waals surface area contributed by atoms with Crippen LogP contribution in [-0.2, 0) is 4.79 Å². The minimum atomic E-state index is 0.00715. The minimum Gasteiger partial charge on any atom is -0.496 e. The summed E-state index contributed by atoms with van der Waals surface area (Å²) in [7, 11) is 1.66. The first-order valence-corrected chi connectivity index (χ1v) is 12.0. The normalized spacial score (nSPS) is 18.6. The number of para-hydroxylation sites is 2. The molecule has 3 heterocycles. The molecule has 2 saturated heterocycles. The van der Waals surface area contributed by atoms with Crippen molar-refractivity contribution in [3.63, 3.8) is 0 Å². The predicted octanol–water partition coefficient (Wildman–Crippen LogP) is 3.72. The zero-order valence-electron chi connectivity index (χ0n) is 19.6. The minimum absolute atomic E-state index is 0.00715. The number of ether oxygens (including phenoxy) is 1. The number of carbonyl (C=O) groups is 1. The first-order chi connectivity index (χ1) is 16.7. The number of benzene rings is 2. The fourth-order valence-electron chi connectivity index (χ4n) is 4.96. The van der Waals surface area contributed by atoms with E-state index >= 15 is 0 Å². The largest absolute Gasteiger partial charge is 0.496 e. The lowest BCUT2D eigenvalue weighted by molar-refractivity contribution is -0.136. The number of hydrogen-bond donors (Lipinski definition) is 0. The first-order valence-electron chi connectivity index (χ1n) is 12.0. The fourth-order valence-corrected chi connectivity index (χ4v) is 4.96. The van der Waals surface area contributed by atoms with Crippen molar-refractivity contribution in [2.45, 2.75) is 12.8 Å². The lowest BCUT2D eigenvalue weighted by Gasteiger charge is -2.40. The molecule has 2 fully saturated rings. The first kappa shape index (κ1) is 22.2. The SMILES string of the molecule is COc1ccccc1-c1ccc(N2CCCC(C(=O)N3CCN(c4ccccc4)CC3)C2)nn1. The summed E-state index contributed by atoms with van der Waals surface area (Å²) in [5, 5.41) is 8.95. The Bertz CT molecular complexity index is 1100. The van der Waals surface area contributed by atoms with E-state index in [4.69, 9.17) is 4.74 Å². The molecule has 2 aliphatic rings. The molecule has 0 saturated carbocycles. The molecule has 3 aromatic rings. The quantitative estimate of drug-likeness (QED) is 0.582. The molecule has 7 nitrogen and oxygen atoms in total. The van der Waals surface area contributed by atoms with Gasteiger partial charge >= 0.3 is 0 Å². The van der Waals surface area contributed by atoms with Gasteiger partial charge in [0.15, 0.2) is 5.82 Å². The molecule has 1 unspecified atom stereocenters. The van der Waals surface area contributed by atoms with Gasteiger partial charge in [0, 0.05) is 50.5 Å². The molecule has 0 spiro atoms. The molecule has 176 valence electrons. The molecule has 1 aromatic heterocycles. The molecule has 7 heteroatoms. The summed E-state index contributed by atoms with van der Waals surface area (Å²) in [6, 6.07) is 22.2. The van der Waals surface area contributed by atoms with E-state index in [9.17, 15) is 4.79 Å². The number of methoxy groups -OCH3 is 1. The Hall–Kier alpha value is -3.61. The number of piperidine rings is 1. The van der Waals surface area contributed by atoms with Gasteiger partial charge in [-0.25, -0.2) is 0 Å². The van der Waals surface area contributed by atoms with Gasteiger partial charge in [0.05, 0.1) is 18.7 Å². The van der Waals surface area contributed by atoms with Gasteiger partial charge in [0.1, 0.15) is 5.75 Å². The lowest BCUT2D eigenvalue weighted by Crippen LogP contribution is -2.52. The van der Waals surface area contributed by atoms with E-state index in [1.807, 2.05) is 47.4 Å². The van der Waals surface area contributed by atoms with E-state index in [-0.39, 0.29) is 11.8 Å². The summed E-state index contributed by atoms with van der Waals surface area (Å²) >= 11 is 0. The molecule has 34 heavy (non-hydrogen) atoms. The third-order valence-electron chi connectivity index (χ3n) is 6.84. The van der Waals surface area contributed by atoms with Crippen LogP contribution in [0.15, 0.2) is 66.7 Å². The Labute approximate surface area is 201 Å². The van der Waals surface area contributed by atoms with Gasteiger partial charge in [0.2, 0.25) is 5.91 Å². The van der Waals surface area contributed by atoms with E-state index in [0.29, 0.717) is 6.54 Å². The summed E-state index contributed by atoms with van der Waals surface area (Å²) < 4.78 is 5.45. The third-order valence-corrected chi connectivity index (χ3v) is 6.84. The number of hydrogen-bond acceptors (Lipinski definition) is 6. The summed E-state index contributed by atoms with van der Waals surface area (Å²) in [4.78, 5) is 19.9. The van der Waals surface area contributed by atoms with Gasteiger partial charge in [-0.1, -0.05) is 30.3 Å². The highest BCUT2D eigenvalue weighted by Gasteiger charge is 2.31. The second kappa shape index (κ2) is 10.1. The Kier molecular flexibility index (Phi) is 6.60. The van der Waals surface area contributed by atoms with Crippen LogP contribution in [0.1, 0.15) is 12.8 Å². The maximum Gasteiger partial charge on any atom is 0.227 e. The smallest absolute Gasteiger partial charge is 0.227 e. The Morgan fingerprint density at radius 2 is 1.62 bits per heavy atom. The van der Waals surface area contributed by atoms with Crippen LogP contribution in [0.25, 0.3) is 11.3 Å². The van der Waals surface area contributed by atoms with E-state index in [0.717, 1.165) is 68.4 Å². The van der Waals surface area contributed by atoms with Crippen molar-refractivity contribution in [1.82, 2.24) is 15.1 Å². The molecule has 2 aliphatic heterocycles. The monoisotopic (exact) mass is 457 g/mol. The van der Waals surface area contributed by atoms with E-state index < -0.39 is 0 Å². The van der Waals surface area contributed by atoms with Crippen LogP contribution in [0.2, 0.25) is 0 Å². The zero-order chi connectivity index (χ0) is 23.3. The van der Waals surface area contributed by atoms with Crippen LogP contribution in [0.5, 0.6) is 5.75 Å². The molecule has 5 rings (SSSR count). The molecule has 0 aliphatic carbocycles. The molecule has 0 bridgehead atoms. The van der Waals surface area contributed by atoms with Crippen molar-refractivity contribution >= 4 is 17.4 Å². The highest BCUT2D eigenvalue weighted by atomic mass is 16.5. The number of carbonyl (C=O) groups excluding carboxylic acids is 1. The molecule has 1 amide bonds. The molecular formula is C27H31N5O2. The standard InChI is InChI=1S/C27H31N5O2/c1-34-25-12-6-5-11-23(25)24-13-14-26(29-28-24)32-15-7-8-21(20-32)27(33)31-18-16-30(17-19-31)22-9-3-2-4-10-22/h2-6,9-14,21H,7-8,15-20H2,1H3. The summed E-state index contributed by atoms with van der Waals surface area (Å²) in [6.07, 6.45) is 1.91. The second-order valence-corrected chi connectivity index (χ2v) is 8.91. The van der Waals surface area contributed by atoms with E-state index in [1.165, 1.54) is 5.69 Å². The molecule has 0 radical (unpaired) electrons. The Balaban J connectivity index is 1.21. The van der Waals surface area contributed by atoms with Gasteiger partial charge in [-0.3, -0.25) is 4.79 Å². The molecular weight excluding hydrogens is 426 g/mol. The van der Waals surface area contributed by atoms with Crippen molar-refractivity contribution in [2.75, 3.05) is 56.2 Å². The number of rotatable bonds is 5. The molecule has 2 aromatic carbocycles. The maximum atomic E-state index is 13.3. The van der Waals surface area contributed by atoms with Gasteiger partial charge in [-0.05, 0) is 49.2 Å². The van der Waals surface area contributed by atoms with Gasteiger partial charge in [0.25, 0.3) is 0 Å². The van der Waals surface area contributed by atoms with Crippen molar-refractivity contribution in [3.05, 3.63) is 66.7 Å². The Morgan fingerprint density at radius 1 is 0.853 bits per heavy atom. The van der Waals surface area contributed by atoms with Crippen molar-refractivity contribution in [1.29, 1.82) is 0 Å². The van der Waals surface area contributed by atoms with E-state index in [1.54, 1.807) is 7.11 Å². The lowest BCUT2D eigenvalue weighted by atomic mass is 9.96. The van der Waals surface area contributed by atoms with Crippen LogP contribution in [0.4, 0.5) is 11.5 Å². The average Bonchev–Trinajstić information content (AvgIpc) is 2.93. The number of amides is 1. The highest BCUT2D eigenvalue weighted by Crippen LogP contribution is 2.29. The topological polar surface area (TPSA) is 61.8 Å². The third kappa shape index (κ3) is 4.69. The van der Waals surface area contributed by atoms with Crippen molar-refractivity contribution in [3.8, 4) is 17.0 Å². The maximum absolute atomic E-state index is 13.3. The Morgan fingerprint density at radius 3 is 2.35 bits per heavy atom. The van der Waals surface area contributed by atoms with E-state index in [2.05, 4.69) is 44.3 Å². The molecule has 1 atom stereocenters. The van der Waals surface area contributed by atoms with Crippen molar-refractivity contribution in [2.24, 2.45) is 5.92 Å². The number of anilines is 2. The molecule has 0 N–H and O–H groups in total. The van der Waals surface area contributed by atoms with Crippen LogP contribution < -0.4 is 14.5 Å². The predicted molar refractivity (Wildman–Crippen MR) is 134 cm³/mol.